The topological polar surface area (TPSA) is 66.5 Å². The maximum atomic E-state index is 13.0. The molecule has 0 saturated heterocycles. The predicted molar refractivity (Wildman–Crippen MR) is 107 cm³/mol. The molecule has 2 saturated carbocycles. The second-order valence-electron chi connectivity index (χ2n) is 8.18. The smallest absolute Gasteiger partial charge is 0.251 e. The van der Waals surface area contributed by atoms with E-state index in [4.69, 9.17) is 0 Å². The summed E-state index contributed by atoms with van der Waals surface area (Å²) >= 11 is 0. The molecule has 1 amide bonds. The van der Waals surface area contributed by atoms with Crippen LogP contribution in [0.1, 0.15) is 75.1 Å². The molecule has 27 heavy (non-hydrogen) atoms. The summed E-state index contributed by atoms with van der Waals surface area (Å²) in [6, 6.07) is 6.72. The predicted octanol–water partition coefficient (Wildman–Crippen LogP) is 3.95. The Hall–Kier alpha value is -1.40. The molecule has 2 fully saturated rings. The highest BCUT2D eigenvalue weighted by molar-refractivity contribution is 7.89. The van der Waals surface area contributed by atoms with Crippen LogP contribution < -0.4 is 5.32 Å². The Labute approximate surface area is 163 Å². The van der Waals surface area contributed by atoms with Gasteiger partial charge in [0, 0.05) is 24.7 Å². The number of carbonyl (C=O) groups is 1. The molecule has 2 unspecified atom stereocenters. The lowest BCUT2D eigenvalue weighted by atomic mass is 9.86. The van der Waals surface area contributed by atoms with Gasteiger partial charge in [-0.3, -0.25) is 4.79 Å². The van der Waals surface area contributed by atoms with Crippen LogP contribution in [-0.2, 0) is 10.0 Å². The molecular weight excluding hydrogens is 360 g/mol. The Morgan fingerprint density at radius 1 is 1.04 bits per heavy atom. The number of rotatable bonds is 5. The van der Waals surface area contributed by atoms with E-state index in [1.807, 2.05) is 0 Å². The molecule has 3 rings (SSSR count). The van der Waals surface area contributed by atoms with Crippen molar-refractivity contribution in [1.82, 2.24) is 9.62 Å². The number of hydrogen-bond donors (Lipinski definition) is 1. The molecule has 0 heterocycles. The van der Waals surface area contributed by atoms with Crippen molar-refractivity contribution in [2.75, 3.05) is 7.05 Å². The lowest BCUT2D eigenvalue weighted by Gasteiger charge is -2.30. The molecular formula is C21H32N2O3S. The van der Waals surface area contributed by atoms with Crippen molar-refractivity contribution in [3.63, 3.8) is 0 Å². The molecule has 0 aromatic heterocycles. The van der Waals surface area contributed by atoms with E-state index in [-0.39, 0.29) is 22.9 Å². The Bertz CT molecular complexity index is 756. The van der Waals surface area contributed by atoms with Crippen LogP contribution in [0.15, 0.2) is 29.2 Å². The number of carbonyl (C=O) groups excluding carboxylic acids is 1. The second kappa shape index (κ2) is 8.74. The molecule has 1 aromatic carbocycles. The minimum Gasteiger partial charge on any atom is -0.349 e. The number of nitrogens with one attached hydrogen (secondary N) is 1. The van der Waals surface area contributed by atoms with Crippen molar-refractivity contribution in [1.29, 1.82) is 0 Å². The van der Waals surface area contributed by atoms with Gasteiger partial charge in [0.05, 0.1) is 4.90 Å². The van der Waals surface area contributed by atoms with E-state index in [1.54, 1.807) is 25.2 Å². The third-order valence-corrected chi connectivity index (χ3v) is 8.20. The van der Waals surface area contributed by atoms with Crippen LogP contribution in [0.2, 0.25) is 0 Å². The van der Waals surface area contributed by atoms with Crippen LogP contribution in [0, 0.1) is 5.92 Å². The van der Waals surface area contributed by atoms with Crippen molar-refractivity contribution < 1.29 is 13.2 Å². The van der Waals surface area contributed by atoms with Crippen LogP contribution in [0.4, 0.5) is 0 Å². The van der Waals surface area contributed by atoms with E-state index in [0.717, 1.165) is 44.9 Å². The first-order valence-corrected chi connectivity index (χ1v) is 11.7. The fourth-order valence-corrected chi connectivity index (χ4v) is 5.85. The Morgan fingerprint density at radius 2 is 1.70 bits per heavy atom. The van der Waals surface area contributed by atoms with Crippen LogP contribution in [0.5, 0.6) is 0 Å². The number of hydrogen-bond acceptors (Lipinski definition) is 3. The molecule has 1 N–H and O–H groups in total. The van der Waals surface area contributed by atoms with Gasteiger partial charge in [-0.2, -0.15) is 4.31 Å². The quantitative estimate of drug-likeness (QED) is 0.825. The van der Waals surface area contributed by atoms with Gasteiger partial charge in [-0.05, 0) is 49.8 Å². The third-order valence-electron chi connectivity index (χ3n) is 6.29. The molecule has 2 aliphatic carbocycles. The molecule has 0 bridgehead atoms. The fraction of sp³-hybridized carbons (Fsp3) is 0.667. The fourth-order valence-electron chi connectivity index (χ4n) is 4.39. The summed E-state index contributed by atoms with van der Waals surface area (Å²) in [4.78, 5) is 12.9. The molecule has 0 spiro atoms. The van der Waals surface area contributed by atoms with Crippen LogP contribution in [0.25, 0.3) is 0 Å². The number of sulfonamides is 1. The van der Waals surface area contributed by atoms with E-state index in [1.165, 1.54) is 23.2 Å². The standard InChI is InChI=1S/C21H32N2O3S/c1-16-9-6-7-14-20(16)22-21(24)17-10-8-13-19(15-17)27(25,26)23(2)18-11-4-3-5-12-18/h8,10,13,15-16,18,20H,3-7,9,11-12,14H2,1-2H3,(H,22,24). The number of nitrogens with zero attached hydrogens (tertiary/aromatic N) is 1. The average Bonchev–Trinajstić information content (AvgIpc) is 2.70. The lowest BCUT2D eigenvalue weighted by Crippen LogP contribution is -2.41. The Kier molecular flexibility index (Phi) is 6.58. The molecule has 0 radical (unpaired) electrons. The van der Waals surface area contributed by atoms with Crippen molar-refractivity contribution in [3.8, 4) is 0 Å². The van der Waals surface area contributed by atoms with Crippen molar-refractivity contribution in [2.45, 2.75) is 81.7 Å². The van der Waals surface area contributed by atoms with Gasteiger partial charge in [-0.1, -0.05) is 45.1 Å². The van der Waals surface area contributed by atoms with Crippen molar-refractivity contribution in [2.24, 2.45) is 5.92 Å². The third kappa shape index (κ3) is 4.72. The van der Waals surface area contributed by atoms with Crippen LogP contribution in [-0.4, -0.2) is 37.8 Å². The van der Waals surface area contributed by atoms with E-state index < -0.39 is 10.0 Å². The average molecular weight is 393 g/mol. The van der Waals surface area contributed by atoms with E-state index in [0.29, 0.717) is 11.5 Å². The van der Waals surface area contributed by atoms with Crippen molar-refractivity contribution in [3.05, 3.63) is 29.8 Å². The minimum absolute atomic E-state index is 0.0596. The Balaban J connectivity index is 1.74. The van der Waals surface area contributed by atoms with Gasteiger partial charge in [0.25, 0.3) is 5.91 Å². The highest BCUT2D eigenvalue weighted by Crippen LogP contribution is 2.27. The summed E-state index contributed by atoms with van der Waals surface area (Å²) in [5.74, 6) is 0.290. The number of benzene rings is 1. The zero-order valence-electron chi connectivity index (χ0n) is 16.5. The molecule has 1 aromatic rings. The first kappa shape index (κ1) is 20.3. The summed E-state index contributed by atoms with van der Waals surface area (Å²) in [7, 11) is -1.92. The van der Waals surface area contributed by atoms with Gasteiger partial charge in [0.15, 0.2) is 0 Å². The van der Waals surface area contributed by atoms with Gasteiger partial charge in [0.2, 0.25) is 10.0 Å². The SMILES string of the molecule is CC1CCCCC1NC(=O)c1cccc(S(=O)(=O)N(C)C2CCCCC2)c1. The summed E-state index contributed by atoms with van der Waals surface area (Å²) < 4.78 is 27.6. The molecule has 2 aliphatic rings. The monoisotopic (exact) mass is 392 g/mol. The van der Waals surface area contributed by atoms with Gasteiger partial charge in [0.1, 0.15) is 0 Å². The minimum atomic E-state index is -3.59. The summed E-state index contributed by atoms with van der Waals surface area (Å²) in [5.41, 5.74) is 0.422. The Morgan fingerprint density at radius 3 is 2.41 bits per heavy atom. The molecule has 5 nitrogen and oxygen atoms in total. The first-order chi connectivity index (χ1) is 12.9. The molecule has 2 atom stereocenters. The molecule has 150 valence electrons. The van der Waals surface area contributed by atoms with Gasteiger partial charge >= 0.3 is 0 Å². The highest BCUT2D eigenvalue weighted by atomic mass is 32.2. The normalized spacial score (nSPS) is 24.7. The first-order valence-electron chi connectivity index (χ1n) is 10.3. The van der Waals surface area contributed by atoms with Crippen molar-refractivity contribution >= 4 is 15.9 Å². The van der Waals surface area contributed by atoms with E-state index in [2.05, 4.69) is 12.2 Å². The maximum absolute atomic E-state index is 13.0. The summed E-state index contributed by atoms with van der Waals surface area (Å²) in [6.45, 7) is 2.17. The second-order valence-corrected chi connectivity index (χ2v) is 10.2. The maximum Gasteiger partial charge on any atom is 0.251 e. The largest absolute Gasteiger partial charge is 0.349 e. The van der Waals surface area contributed by atoms with Gasteiger partial charge < -0.3 is 5.32 Å². The van der Waals surface area contributed by atoms with E-state index >= 15 is 0 Å². The zero-order chi connectivity index (χ0) is 19.4. The summed E-state index contributed by atoms with van der Waals surface area (Å²) in [6.07, 6.45) is 9.63. The van der Waals surface area contributed by atoms with Crippen LogP contribution >= 0.6 is 0 Å². The highest BCUT2D eigenvalue weighted by Gasteiger charge is 2.30. The van der Waals surface area contributed by atoms with E-state index in [9.17, 15) is 13.2 Å². The number of amides is 1. The summed E-state index contributed by atoms with van der Waals surface area (Å²) in [5, 5.41) is 3.11. The van der Waals surface area contributed by atoms with Crippen LogP contribution in [0.3, 0.4) is 0 Å². The molecule has 6 heteroatoms. The van der Waals surface area contributed by atoms with Gasteiger partial charge in [-0.25, -0.2) is 8.42 Å². The zero-order valence-corrected chi connectivity index (χ0v) is 17.3. The lowest BCUT2D eigenvalue weighted by molar-refractivity contribution is 0.0910. The van der Waals surface area contributed by atoms with Gasteiger partial charge in [-0.15, -0.1) is 0 Å². The molecule has 0 aliphatic heterocycles.